The molecule has 4 rings (SSSR count). The number of sulfonamides is 1. The molecule has 22 heavy (non-hydrogen) atoms. The number of aromatic amines is 1. The fourth-order valence-electron chi connectivity index (χ4n) is 2.77. The first-order valence-electron chi connectivity index (χ1n) is 6.94. The van der Waals surface area contributed by atoms with Crippen molar-refractivity contribution in [3.8, 4) is 0 Å². The normalized spacial score (nSPS) is 18.5. The van der Waals surface area contributed by atoms with E-state index < -0.39 is 10.0 Å². The minimum absolute atomic E-state index is 0.194. The number of nitrogens with one attached hydrogen (secondary N) is 2. The molecule has 9 heteroatoms. The van der Waals surface area contributed by atoms with Gasteiger partial charge in [-0.3, -0.25) is 0 Å². The molecule has 2 N–H and O–H groups in total. The Hall–Kier alpha value is -2.26. The van der Waals surface area contributed by atoms with Crippen molar-refractivity contribution in [2.45, 2.75) is 30.3 Å². The average Bonchev–Trinajstić information content (AvgIpc) is 3.13. The predicted molar refractivity (Wildman–Crippen MR) is 78.5 cm³/mol. The zero-order chi connectivity index (χ0) is 15.2. The summed E-state index contributed by atoms with van der Waals surface area (Å²) in [5.41, 5.74) is 0.560. The molecule has 0 spiro atoms. The van der Waals surface area contributed by atoms with E-state index in [4.69, 9.17) is 0 Å². The van der Waals surface area contributed by atoms with E-state index in [-0.39, 0.29) is 10.9 Å². The van der Waals surface area contributed by atoms with Gasteiger partial charge in [0.1, 0.15) is 22.7 Å². The van der Waals surface area contributed by atoms with Gasteiger partial charge in [-0.25, -0.2) is 27.8 Å². The lowest BCUT2D eigenvalue weighted by atomic mass is 10.1. The molecule has 1 atom stereocenters. The van der Waals surface area contributed by atoms with Crippen LogP contribution in [-0.2, 0) is 23.0 Å². The van der Waals surface area contributed by atoms with Gasteiger partial charge in [-0.05, 0) is 18.6 Å². The maximum Gasteiger partial charge on any atom is 0.243 e. The number of fused-ring (bicyclic) bond motifs is 2. The molecule has 0 aliphatic carbocycles. The van der Waals surface area contributed by atoms with Crippen molar-refractivity contribution < 1.29 is 8.42 Å². The Balaban J connectivity index is 1.62. The third kappa shape index (κ3) is 2.18. The Morgan fingerprint density at radius 1 is 1.36 bits per heavy atom. The quantitative estimate of drug-likeness (QED) is 0.729. The van der Waals surface area contributed by atoms with Crippen LogP contribution in [0.2, 0.25) is 0 Å². The number of aryl methyl sites for hydroxylation is 1. The zero-order valence-corrected chi connectivity index (χ0v) is 12.4. The molecule has 8 nitrogen and oxygen atoms in total. The summed E-state index contributed by atoms with van der Waals surface area (Å²) in [5, 5.41) is 4.69. The van der Waals surface area contributed by atoms with Gasteiger partial charge in [0.25, 0.3) is 0 Å². The van der Waals surface area contributed by atoms with Crippen molar-refractivity contribution >= 4 is 21.1 Å². The molecule has 0 radical (unpaired) electrons. The van der Waals surface area contributed by atoms with Gasteiger partial charge in [-0.15, -0.1) is 0 Å². The summed E-state index contributed by atoms with van der Waals surface area (Å²) in [6.07, 6.45) is 6.01. The van der Waals surface area contributed by atoms with Gasteiger partial charge >= 0.3 is 0 Å². The first kappa shape index (κ1) is 13.4. The molecule has 3 aromatic rings. The number of hydrogen-bond donors (Lipinski definition) is 2. The molecular weight excluding hydrogens is 304 g/mol. The predicted octanol–water partition coefficient (Wildman–Crippen LogP) is 0.448. The Morgan fingerprint density at radius 2 is 2.27 bits per heavy atom. The van der Waals surface area contributed by atoms with Gasteiger partial charge < -0.3 is 4.98 Å². The van der Waals surface area contributed by atoms with Crippen LogP contribution in [0.1, 0.15) is 12.2 Å². The number of H-pyrrole nitrogens is 1. The molecule has 4 heterocycles. The second-order valence-electron chi connectivity index (χ2n) is 5.27. The Labute approximate surface area is 126 Å². The summed E-state index contributed by atoms with van der Waals surface area (Å²) in [4.78, 5) is 11.4. The van der Waals surface area contributed by atoms with E-state index in [9.17, 15) is 8.42 Å². The number of nitrogens with zero attached hydrogens (tertiary/aromatic N) is 4. The Kier molecular flexibility index (Phi) is 2.98. The fourth-order valence-corrected chi connectivity index (χ4v) is 4.20. The first-order valence-corrected chi connectivity index (χ1v) is 8.43. The maximum absolute atomic E-state index is 12.6. The summed E-state index contributed by atoms with van der Waals surface area (Å²) < 4.78 is 29.7. The number of rotatable bonds is 3. The van der Waals surface area contributed by atoms with Crippen LogP contribution < -0.4 is 4.72 Å². The van der Waals surface area contributed by atoms with Gasteiger partial charge in [0, 0.05) is 30.2 Å². The lowest BCUT2D eigenvalue weighted by Gasteiger charge is -2.23. The highest BCUT2D eigenvalue weighted by Crippen LogP contribution is 2.22. The van der Waals surface area contributed by atoms with E-state index in [0.29, 0.717) is 30.4 Å². The van der Waals surface area contributed by atoms with E-state index in [1.165, 1.54) is 12.5 Å². The highest BCUT2D eigenvalue weighted by molar-refractivity contribution is 7.89. The van der Waals surface area contributed by atoms with Crippen molar-refractivity contribution in [1.29, 1.82) is 0 Å². The van der Waals surface area contributed by atoms with Crippen molar-refractivity contribution in [2.75, 3.05) is 0 Å². The molecule has 1 aliphatic rings. The minimum atomic E-state index is -3.61. The molecule has 114 valence electrons. The van der Waals surface area contributed by atoms with Crippen molar-refractivity contribution in [3.63, 3.8) is 0 Å². The van der Waals surface area contributed by atoms with E-state index in [1.807, 2.05) is 0 Å². The van der Waals surface area contributed by atoms with Crippen molar-refractivity contribution in [1.82, 2.24) is 29.5 Å². The van der Waals surface area contributed by atoms with E-state index in [0.717, 1.165) is 5.82 Å². The second kappa shape index (κ2) is 4.89. The zero-order valence-electron chi connectivity index (χ0n) is 11.6. The monoisotopic (exact) mass is 318 g/mol. The van der Waals surface area contributed by atoms with Gasteiger partial charge in [-0.2, -0.15) is 5.10 Å². The van der Waals surface area contributed by atoms with Crippen molar-refractivity contribution in [3.05, 3.63) is 36.7 Å². The summed E-state index contributed by atoms with van der Waals surface area (Å²) in [5.74, 6) is 0.895. The molecule has 1 unspecified atom stereocenters. The Bertz CT molecular complexity index is 929. The van der Waals surface area contributed by atoms with Crippen LogP contribution in [0.3, 0.4) is 0 Å². The number of hydrogen-bond acceptors (Lipinski definition) is 5. The maximum atomic E-state index is 12.6. The molecule has 0 fully saturated rings. The van der Waals surface area contributed by atoms with Crippen LogP contribution in [0.4, 0.5) is 0 Å². The largest absolute Gasteiger partial charge is 0.345 e. The van der Waals surface area contributed by atoms with Gasteiger partial charge in [-0.1, -0.05) is 0 Å². The van der Waals surface area contributed by atoms with Crippen LogP contribution >= 0.6 is 0 Å². The molecule has 1 aliphatic heterocycles. The van der Waals surface area contributed by atoms with E-state index in [2.05, 4.69) is 24.8 Å². The van der Waals surface area contributed by atoms with E-state index >= 15 is 0 Å². The third-order valence-electron chi connectivity index (χ3n) is 3.83. The van der Waals surface area contributed by atoms with Gasteiger partial charge in [0.05, 0.1) is 6.54 Å². The van der Waals surface area contributed by atoms with Crippen molar-refractivity contribution in [2.24, 2.45) is 0 Å². The van der Waals surface area contributed by atoms with E-state index in [1.54, 1.807) is 23.0 Å². The molecule has 0 amide bonds. The lowest BCUT2D eigenvalue weighted by Crippen LogP contribution is -2.41. The highest BCUT2D eigenvalue weighted by atomic mass is 32.2. The SMILES string of the molecule is O=S(=O)(NC1CCc2ncnn2C1)c1c[nH]c2ncccc12. The number of aromatic nitrogens is 5. The van der Waals surface area contributed by atoms with Crippen LogP contribution in [0.25, 0.3) is 11.0 Å². The summed E-state index contributed by atoms with van der Waals surface area (Å²) in [7, 11) is -3.61. The molecule has 0 saturated carbocycles. The second-order valence-corrected chi connectivity index (χ2v) is 6.95. The third-order valence-corrected chi connectivity index (χ3v) is 5.39. The highest BCUT2D eigenvalue weighted by Gasteiger charge is 2.27. The van der Waals surface area contributed by atoms with Crippen LogP contribution in [0.5, 0.6) is 0 Å². The standard InChI is InChI=1S/C13H14N6O2S/c20-22(21,11-6-15-13-10(11)2-1-5-14-13)18-9-3-4-12-16-8-17-19(12)7-9/h1-2,5-6,8-9,18H,3-4,7H2,(H,14,15). The van der Waals surface area contributed by atoms with Gasteiger partial charge in [0.15, 0.2) is 0 Å². The smallest absolute Gasteiger partial charge is 0.243 e. The van der Waals surface area contributed by atoms with Gasteiger partial charge in [0.2, 0.25) is 10.0 Å². The molecule has 0 saturated heterocycles. The van der Waals surface area contributed by atoms with Crippen LogP contribution in [-0.4, -0.2) is 39.2 Å². The molecule has 3 aromatic heterocycles. The summed E-state index contributed by atoms with van der Waals surface area (Å²) in [6, 6.07) is 3.27. The summed E-state index contributed by atoms with van der Waals surface area (Å²) >= 11 is 0. The minimum Gasteiger partial charge on any atom is -0.345 e. The van der Waals surface area contributed by atoms with Crippen LogP contribution in [0.15, 0.2) is 35.7 Å². The molecular formula is C13H14N6O2S. The average molecular weight is 318 g/mol. The first-order chi connectivity index (χ1) is 10.6. The fraction of sp³-hybridized carbons (Fsp3) is 0.308. The number of pyridine rings is 1. The van der Waals surface area contributed by atoms with Crippen LogP contribution in [0, 0.1) is 0 Å². The lowest BCUT2D eigenvalue weighted by molar-refractivity contribution is 0.395. The Morgan fingerprint density at radius 3 is 3.18 bits per heavy atom. The summed E-state index contributed by atoms with van der Waals surface area (Å²) in [6.45, 7) is 0.495. The topological polar surface area (TPSA) is 106 Å². The molecule has 0 aromatic carbocycles. The molecule has 0 bridgehead atoms.